The lowest BCUT2D eigenvalue weighted by molar-refractivity contribution is 0.669. The first kappa shape index (κ1) is 31.9. The molecule has 0 atom stereocenters. The number of fused-ring (bicyclic) bond motifs is 6. The smallest absolute Gasteiger partial charge is 0.164 e. The first-order valence-electron chi connectivity index (χ1n) is 18.8. The SMILES string of the molecule is c1ccc(-c2cc(-c3nc(-c4ccccc4)nc(-c4ccccc4)n3)c3c(c2)oc2cc(-c4cccc(-n5c6ccccc6c6ccccc65)c4)ccc23)cc1. The molecule has 0 unspecified atom stereocenters. The summed E-state index contributed by atoms with van der Waals surface area (Å²) in [5, 5.41) is 4.45. The van der Waals surface area contributed by atoms with E-state index in [0.29, 0.717) is 17.5 Å². The van der Waals surface area contributed by atoms with Crippen LogP contribution in [0.1, 0.15) is 0 Å². The van der Waals surface area contributed by atoms with Crippen molar-refractivity contribution in [3.05, 3.63) is 194 Å². The molecule has 11 rings (SSSR count). The van der Waals surface area contributed by atoms with Crippen LogP contribution in [0, 0.1) is 0 Å². The van der Waals surface area contributed by atoms with Gasteiger partial charge in [-0.15, -0.1) is 0 Å². The summed E-state index contributed by atoms with van der Waals surface area (Å²) in [5.41, 5.74) is 12.1. The summed E-state index contributed by atoms with van der Waals surface area (Å²) in [6, 6.07) is 67.4. The first-order valence-corrected chi connectivity index (χ1v) is 18.8. The fourth-order valence-electron chi connectivity index (χ4n) is 8.01. The van der Waals surface area contributed by atoms with E-state index in [1.54, 1.807) is 0 Å². The normalized spacial score (nSPS) is 11.6. The minimum Gasteiger partial charge on any atom is -0.456 e. The van der Waals surface area contributed by atoms with E-state index in [4.69, 9.17) is 19.4 Å². The number of benzene rings is 8. The van der Waals surface area contributed by atoms with Gasteiger partial charge in [0.05, 0.1) is 11.0 Å². The molecule has 3 heterocycles. The molecule has 3 aromatic heterocycles. The third kappa shape index (κ3) is 5.37. The first-order chi connectivity index (χ1) is 27.7. The van der Waals surface area contributed by atoms with Crippen molar-refractivity contribution in [3.8, 4) is 62.1 Å². The third-order valence-electron chi connectivity index (χ3n) is 10.6. The monoisotopic (exact) mass is 716 g/mol. The Morgan fingerprint density at radius 3 is 1.50 bits per heavy atom. The highest BCUT2D eigenvalue weighted by atomic mass is 16.3. The fraction of sp³-hybridized carbons (Fsp3) is 0. The lowest BCUT2D eigenvalue weighted by atomic mass is 9.97. The van der Waals surface area contributed by atoms with Crippen LogP contribution in [-0.2, 0) is 0 Å². The van der Waals surface area contributed by atoms with Crippen molar-refractivity contribution in [1.29, 1.82) is 0 Å². The lowest BCUT2D eigenvalue weighted by Crippen LogP contribution is -2.00. The van der Waals surface area contributed by atoms with Gasteiger partial charge in [-0.25, -0.2) is 15.0 Å². The van der Waals surface area contributed by atoms with Gasteiger partial charge in [0.25, 0.3) is 0 Å². The van der Waals surface area contributed by atoms with E-state index in [1.165, 1.54) is 21.8 Å². The number of para-hydroxylation sites is 2. The zero-order valence-corrected chi connectivity index (χ0v) is 30.2. The number of aromatic nitrogens is 4. The molecule has 0 spiro atoms. The molecule has 56 heavy (non-hydrogen) atoms. The molecule has 0 radical (unpaired) electrons. The average Bonchev–Trinajstić information content (AvgIpc) is 3.82. The molecule has 8 aromatic carbocycles. The Labute approximate surface area is 322 Å². The quantitative estimate of drug-likeness (QED) is 0.172. The summed E-state index contributed by atoms with van der Waals surface area (Å²) >= 11 is 0. The Balaban J connectivity index is 1.11. The highest BCUT2D eigenvalue weighted by Crippen LogP contribution is 2.41. The van der Waals surface area contributed by atoms with Crippen LogP contribution in [-0.4, -0.2) is 19.5 Å². The van der Waals surface area contributed by atoms with Gasteiger partial charge in [-0.1, -0.05) is 146 Å². The Hall–Kier alpha value is -7.63. The van der Waals surface area contributed by atoms with Crippen LogP contribution in [0.15, 0.2) is 199 Å². The molecule has 5 heteroatoms. The van der Waals surface area contributed by atoms with Crippen LogP contribution in [0.5, 0.6) is 0 Å². The summed E-state index contributed by atoms with van der Waals surface area (Å²) in [6.45, 7) is 0. The maximum Gasteiger partial charge on any atom is 0.164 e. The van der Waals surface area contributed by atoms with Crippen molar-refractivity contribution in [2.45, 2.75) is 0 Å². The molecule has 0 N–H and O–H groups in total. The van der Waals surface area contributed by atoms with Crippen LogP contribution in [0.3, 0.4) is 0 Å². The van der Waals surface area contributed by atoms with E-state index in [0.717, 1.165) is 66.6 Å². The van der Waals surface area contributed by atoms with Crippen molar-refractivity contribution >= 4 is 43.7 Å². The van der Waals surface area contributed by atoms with Crippen molar-refractivity contribution in [2.75, 3.05) is 0 Å². The van der Waals surface area contributed by atoms with Crippen molar-refractivity contribution < 1.29 is 4.42 Å². The molecule has 0 aliphatic rings. The van der Waals surface area contributed by atoms with E-state index >= 15 is 0 Å². The van der Waals surface area contributed by atoms with Crippen molar-refractivity contribution in [2.24, 2.45) is 0 Å². The van der Waals surface area contributed by atoms with Gasteiger partial charge in [0, 0.05) is 43.9 Å². The summed E-state index contributed by atoms with van der Waals surface area (Å²) in [6.07, 6.45) is 0. The fourth-order valence-corrected chi connectivity index (χ4v) is 8.01. The van der Waals surface area contributed by atoms with Gasteiger partial charge in [-0.2, -0.15) is 0 Å². The second-order valence-electron chi connectivity index (χ2n) is 14.0. The number of nitrogens with zero attached hydrogens (tertiary/aromatic N) is 4. The van der Waals surface area contributed by atoms with Crippen molar-refractivity contribution in [3.63, 3.8) is 0 Å². The molecule has 262 valence electrons. The van der Waals surface area contributed by atoms with Gasteiger partial charge in [-0.3, -0.25) is 0 Å². The molecule has 5 nitrogen and oxygen atoms in total. The summed E-state index contributed by atoms with van der Waals surface area (Å²) in [4.78, 5) is 15.3. The Morgan fingerprint density at radius 1 is 0.339 bits per heavy atom. The minimum atomic E-state index is 0.589. The highest BCUT2D eigenvalue weighted by molar-refractivity contribution is 6.14. The largest absolute Gasteiger partial charge is 0.456 e. The number of hydrogen-bond donors (Lipinski definition) is 0. The summed E-state index contributed by atoms with van der Waals surface area (Å²) in [5.74, 6) is 1.82. The molecule has 0 saturated heterocycles. The number of rotatable bonds is 6. The molecule has 0 amide bonds. The Kier molecular flexibility index (Phi) is 7.42. The van der Waals surface area contributed by atoms with Gasteiger partial charge in [0.15, 0.2) is 17.5 Å². The Bertz CT molecular complexity index is 3130. The van der Waals surface area contributed by atoms with E-state index in [1.807, 2.05) is 66.7 Å². The van der Waals surface area contributed by atoms with Crippen LogP contribution in [0.4, 0.5) is 0 Å². The van der Waals surface area contributed by atoms with Gasteiger partial charge in [-0.05, 0) is 70.8 Å². The lowest BCUT2D eigenvalue weighted by Gasteiger charge is -2.11. The van der Waals surface area contributed by atoms with Crippen molar-refractivity contribution in [1.82, 2.24) is 19.5 Å². The molecule has 0 aliphatic carbocycles. The van der Waals surface area contributed by atoms with Gasteiger partial charge < -0.3 is 8.98 Å². The van der Waals surface area contributed by atoms with Gasteiger partial charge >= 0.3 is 0 Å². The van der Waals surface area contributed by atoms with Crippen LogP contribution in [0.2, 0.25) is 0 Å². The maximum atomic E-state index is 6.81. The second-order valence-corrected chi connectivity index (χ2v) is 14.0. The molecular weight excluding hydrogens is 685 g/mol. The average molecular weight is 717 g/mol. The van der Waals surface area contributed by atoms with E-state index in [9.17, 15) is 0 Å². The van der Waals surface area contributed by atoms with Gasteiger partial charge in [0.1, 0.15) is 11.2 Å². The third-order valence-corrected chi connectivity index (χ3v) is 10.6. The molecule has 0 aliphatic heterocycles. The summed E-state index contributed by atoms with van der Waals surface area (Å²) in [7, 11) is 0. The molecule has 11 aromatic rings. The topological polar surface area (TPSA) is 56.7 Å². The van der Waals surface area contributed by atoms with Gasteiger partial charge in [0.2, 0.25) is 0 Å². The zero-order chi connectivity index (χ0) is 37.0. The second kappa shape index (κ2) is 13.0. The molecule has 0 fully saturated rings. The van der Waals surface area contributed by atoms with E-state index in [2.05, 4.69) is 132 Å². The molecular formula is C51H32N4O. The minimum absolute atomic E-state index is 0.589. The summed E-state index contributed by atoms with van der Waals surface area (Å²) < 4.78 is 9.16. The maximum absolute atomic E-state index is 6.81. The molecule has 0 bridgehead atoms. The predicted molar refractivity (Wildman–Crippen MR) is 229 cm³/mol. The Morgan fingerprint density at radius 2 is 0.857 bits per heavy atom. The van der Waals surface area contributed by atoms with E-state index in [-0.39, 0.29) is 0 Å². The standard InChI is InChI=1S/C51H32N4O/c1-4-15-33(16-5-1)38-30-43(51-53-49(34-17-6-2-7-18-34)52-50(54-51)35-19-8-3-9-20-35)48-42-28-27-37(31-46(42)56-47(48)32-38)36-21-14-22-39(29-36)55-44-25-12-10-23-40(44)41-24-11-13-26-45(41)55/h1-32H. The van der Waals surface area contributed by atoms with E-state index < -0.39 is 0 Å². The molecule has 0 saturated carbocycles. The zero-order valence-electron chi connectivity index (χ0n) is 30.2. The number of hydrogen-bond acceptors (Lipinski definition) is 4. The van der Waals surface area contributed by atoms with Crippen LogP contribution >= 0.6 is 0 Å². The predicted octanol–water partition coefficient (Wildman–Crippen LogP) is 13.2. The number of furan rings is 1. The highest BCUT2D eigenvalue weighted by Gasteiger charge is 2.20. The van der Waals surface area contributed by atoms with Crippen LogP contribution < -0.4 is 0 Å². The van der Waals surface area contributed by atoms with Crippen LogP contribution in [0.25, 0.3) is 106 Å².